The number of aromatic nitrogens is 5. The number of fused-ring (bicyclic) bond motifs is 1. The Bertz CT molecular complexity index is 1520. The van der Waals surface area contributed by atoms with E-state index >= 15 is 0 Å². The lowest BCUT2D eigenvalue weighted by Crippen LogP contribution is -2.16. The molecule has 35 heavy (non-hydrogen) atoms. The maximum atomic E-state index is 13.8. The van der Waals surface area contributed by atoms with Crippen LogP contribution in [0.2, 0.25) is 0 Å². The lowest BCUT2D eigenvalue weighted by molar-refractivity contribution is -0.142. The van der Waals surface area contributed by atoms with Crippen LogP contribution < -0.4 is 5.32 Å². The number of anilines is 1. The van der Waals surface area contributed by atoms with Crippen molar-refractivity contribution in [1.29, 1.82) is 0 Å². The van der Waals surface area contributed by atoms with Crippen LogP contribution in [0, 0.1) is 6.92 Å². The minimum absolute atomic E-state index is 0.0890. The second-order valence-electron chi connectivity index (χ2n) is 7.97. The van der Waals surface area contributed by atoms with E-state index in [0.29, 0.717) is 16.6 Å². The number of carbonyl (C=O) groups is 1. The highest BCUT2D eigenvalue weighted by Gasteiger charge is 2.35. The lowest BCUT2D eigenvalue weighted by Gasteiger charge is -2.10. The van der Waals surface area contributed by atoms with E-state index in [2.05, 4.69) is 20.5 Å². The van der Waals surface area contributed by atoms with Gasteiger partial charge in [0.2, 0.25) is 0 Å². The molecule has 0 saturated heterocycles. The molecule has 0 bridgehead atoms. The molecule has 0 atom stereocenters. The van der Waals surface area contributed by atoms with Gasteiger partial charge in [0, 0.05) is 23.9 Å². The van der Waals surface area contributed by atoms with Crippen molar-refractivity contribution >= 4 is 17.4 Å². The van der Waals surface area contributed by atoms with Crippen LogP contribution in [0.15, 0.2) is 79.0 Å². The highest BCUT2D eigenvalue weighted by atomic mass is 19.4. The van der Waals surface area contributed by atoms with E-state index in [1.54, 1.807) is 47.3 Å². The first kappa shape index (κ1) is 22.3. The molecular formula is C25H19F3N6O. The van der Waals surface area contributed by atoms with Gasteiger partial charge < -0.3 is 5.32 Å². The quantitative estimate of drug-likeness (QED) is 0.377. The zero-order valence-electron chi connectivity index (χ0n) is 18.5. The van der Waals surface area contributed by atoms with E-state index in [0.717, 1.165) is 17.2 Å². The third-order valence-electron chi connectivity index (χ3n) is 5.50. The number of carbonyl (C=O) groups excluding carboxylic acids is 1. The molecular weight excluding hydrogens is 457 g/mol. The fourth-order valence-electron chi connectivity index (χ4n) is 3.70. The summed E-state index contributed by atoms with van der Waals surface area (Å²) >= 11 is 0. The van der Waals surface area contributed by atoms with Crippen molar-refractivity contribution < 1.29 is 18.0 Å². The molecule has 1 N–H and O–H groups in total. The molecule has 7 nitrogen and oxygen atoms in total. The smallest absolute Gasteiger partial charge is 0.304 e. The first-order valence-corrected chi connectivity index (χ1v) is 10.7. The third-order valence-corrected chi connectivity index (χ3v) is 5.50. The van der Waals surface area contributed by atoms with Crippen molar-refractivity contribution in [3.63, 3.8) is 0 Å². The van der Waals surface area contributed by atoms with E-state index in [1.165, 1.54) is 6.07 Å². The number of alkyl halides is 3. The largest absolute Gasteiger partial charge is 0.433 e. The molecule has 10 heteroatoms. The summed E-state index contributed by atoms with van der Waals surface area (Å²) in [6.45, 7) is 2.51. The number of benzene rings is 2. The van der Waals surface area contributed by atoms with Gasteiger partial charge in [-0.1, -0.05) is 54.6 Å². The highest BCUT2D eigenvalue weighted by molar-refractivity contribution is 6.03. The van der Waals surface area contributed by atoms with Gasteiger partial charge in [-0.05, 0) is 24.1 Å². The molecule has 5 aromatic rings. The van der Waals surface area contributed by atoms with Crippen LogP contribution in [0.25, 0.3) is 16.9 Å². The number of halogens is 3. The average Bonchev–Trinajstić information content (AvgIpc) is 3.46. The fourth-order valence-corrected chi connectivity index (χ4v) is 3.70. The van der Waals surface area contributed by atoms with Crippen molar-refractivity contribution in [2.24, 2.45) is 0 Å². The van der Waals surface area contributed by atoms with Gasteiger partial charge in [-0.3, -0.25) is 9.48 Å². The van der Waals surface area contributed by atoms with Crippen LogP contribution in [0.5, 0.6) is 0 Å². The zero-order chi connectivity index (χ0) is 24.6. The first-order valence-electron chi connectivity index (χ1n) is 10.7. The Morgan fingerprint density at radius 3 is 2.46 bits per heavy atom. The molecule has 0 saturated carbocycles. The summed E-state index contributed by atoms with van der Waals surface area (Å²) in [6.07, 6.45) is -2.99. The Morgan fingerprint density at radius 2 is 1.71 bits per heavy atom. The summed E-state index contributed by atoms with van der Waals surface area (Å²) in [5, 5.41) is 10.8. The van der Waals surface area contributed by atoms with Gasteiger partial charge in [-0.25, -0.2) is 9.50 Å². The molecule has 2 aromatic carbocycles. The Morgan fingerprint density at radius 1 is 0.971 bits per heavy atom. The van der Waals surface area contributed by atoms with Gasteiger partial charge in [0.15, 0.2) is 22.9 Å². The SMILES string of the molecule is Cc1ccccc1Cn1ccc(NC(=O)c2cc3nc(-c4ccccc4)cc(C(F)(F)F)n3n2)n1. The molecule has 0 radical (unpaired) electrons. The van der Waals surface area contributed by atoms with Crippen molar-refractivity contribution in [2.45, 2.75) is 19.6 Å². The topological polar surface area (TPSA) is 77.1 Å². The maximum absolute atomic E-state index is 13.8. The number of aryl methyl sites for hydroxylation is 1. The lowest BCUT2D eigenvalue weighted by atomic mass is 10.1. The second kappa shape index (κ2) is 8.71. The normalized spacial score (nSPS) is 11.7. The van der Waals surface area contributed by atoms with Crippen LogP contribution in [-0.2, 0) is 12.7 Å². The number of rotatable bonds is 5. The van der Waals surface area contributed by atoms with Crippen molar-refractivity contribution in [3.05, 3.63) is 102 Å². The van der Waals surface area contributed by atoms with Gasteiger partial charge in [-0.2, -0.15) is 23.4 Å². The fraction of sp³-hybridized carbons (Fsp3) is 0.120. The minimum atomic E-state index is -4.70. The highest BCUT2D eigenvalue weighted by Crippen LogP contribution is 2.32. The zero-order valence-corrected chi connectivity index (χ0v) is 18.5. The van der Waals surface area contributed by atoms with E-state index in [4.69, 9.17) is 0 Å². The van der Waals surface area contributed by atoms with Crippen molar-refractivity contribution in [2.75, 3.05) is 5.32 Å². The standard InChI is InChI=1S/C25H19F3N6O/c1-16-7-5-6-10-18(16)15-33-12-11-22(32-33)30-24(35)20-14-23-29-19(17-8-3-2-4-9-17)13-21(25(26,27)28)34(23)31-20/h2-14H,15H2,1H3,(H,30,32,35). The predicted octanol–water partition coefficient (Wildman–Crippen LogP) is 5.22. The second-order valence-corrected chi connectivity index (χ2v) is 7.97. The van der Waals surface area contributed by atoms with E-state index in [9.17, 15) is 18.0 Å². The van der Waals surface area contributed by atoms with Gasteiger partial charge in [0.05, 0.1) is 12.2 Å². The van der Waals surface area contributed by atoms with Gasteiger partial charge >= 0.3 is 6.18 Å². The monoisotopic (exact) mass is 476 g/mol. The number of nitrogens with zero attached hydrogens (tertiary/aromatic N) is 5. The van der Waals surface area contributed by atoms with Crippen LogP contribution in [0.4, 0.5) is 19.0 Å². The summed E-state index contributed by atoms with van der Waals surface area (Å²) in [5.41, 5.74) is 1.52. The summed E-state index contributed by atoms with van der Waals surface area (Å²) < 4.78 is 43.6. The number of hydrogen-bond acceptors (Lipinski definition) is 4. The van der Waals surface area contributed by atoms with Crippen LogP contribution in [0.1, 0.15) is 27.3 Å². The van der Waals surface area contributed by atoms with Gasteiger partial charge in [0.25, 0.3) is 5.91 Å². The molecule has 0 unspecified atom stereocenters. The Labute approximate surface area is 197 Å². The molecule has 3 heterocycles. The predicted molar refractivity (Wildman–Crippen MR) is 124 cm³/mol. The van der Waals surface area contributed by atoms with Crippen LogP contribution in [0.3, 0.4) is 0 Å². The maximum Gasteiger partial charge on any atom is 0.433 e. The Kier molecular flexibility index (Phi) is 5.56. The molecule has 0 spiro atoms. The minimum Gasteiger partial charge on any atom is -0.304 e. The number of amides is 1. The summed E-state index contributed by atoms with van der Waals surface area (Å²) in [5.74, 6) is -0.430. The average molecular weight is 476 g/mol. The summed E-state index contributed by atoms with van der Waals surface area (Å²) in [7, 11) is 0. The molecule has 0 aliphatic rings. The van der Waals surface area contributed by atoms with Gasteiger partial charge in [-0.15, -0.1) is 0 Å². The van der Waals surface area contributed by atoms with E-state index < -0.39 is 17.8 Å². The molecule has 0 aliphatic carbocycles. The molecule has 0 fully saturated rings. The van der Waals surface area contributed by atoms with Crippen LogP contribution >= 0.6 is 0 Å². The molecule has 1 amide bonds. The molecule has 3 aromatic heterocycles. The van der Waals surface area contributed by atoms with E-state index in [-0.39, 0.29) is 22.9 Å². The van der Waals surface area contributed by atoms with E-state index in [1.807, 2.05) is 31.2 Å². The Hall–Kier alpha value is -4.47. The summed E-state index contributed by atoms with van der Waals surface area (Å²) in [6, 6.07) is 20.1. The number of hydrogen-bond donors (Lipinski definition) is 1. The summed E-state index contributed by atoms with van der Waals surface area (Å²) in [4.78, 5) is 17.1. The number of nitrogens with one attached hydrogen (secondary N) is 1. The van der Waals surface area contributed by atoms with Crippen molar-refractivity contribution in [1.82, 2.24) is 24.4 Å². The molecule has 0 aliphatic heterocycles. The molecule has 5 rings (SSSR count). The molecule has 176 valence electrons. The first-order chi connectivity index (χ1) is 16.8. The van der Waals surface area contributed by atoms with Crippen LogP contribution in [-0.4, -0.2) is 30.3 Å². The van der Waals surface area contributed by atoms with Gasteiger partial charge in [0.1, 0.15) is 0 Å². The third kappa shape index (κ3) is 4.63. The van der Waals surface area contributed by atoms with Crippen molar-refractivity contribution in [3.8, 4) is 11.3 Å². The Balaban J connectivity index is 1.43.